The summed E-state index contributed by atoms with van der Waals surface area (Å²) in [5.74, 6) is -0.637. The number of carboxylic acids is 1. The molecular formula is C15H23NO2S. The third kappa shape index (κ3) is 2.56. The number of thiophene rings is 1. The van der Waals surface area contributed by atoms with Crippen LogP contribution in [0.25, 0.3) is 0 Å². The van der Waals surface area contributed by atoms with Crippen molar-refractivity contribution in [3.05, 3.63) is 22.4 Å². The van der Waals surface area contributed by atoms with Gasteiger partial charge in [-0.3, -0.25) is 9.69 Å². The van der Waals surface area contributed by atoms with Crippen molar-refractivity contribution >= 4 is 17.3 Å². The van der Waals surface area contributed by atoms with E-state index >= 15 is 0 Å². The Morgan fingerprint density at radius 1 is 1.58 bits per heavy atom. The molecule has 1 aliphatic rings. The Labute approximate surface area is 119 Å². The molecule has 0 radical (unpaired) electrons. The van der Waals surface area contributed by atoms with Crippen LogP contribution in [0.1, 0.15) is 56.9 Å². The second-order valence-electron chi connectivity index (χ2n) is 5.32. The Morgan fingerprint density at radius 3 is 2.89 bits per heavy atom. The molecule has 1 N–H and O–H groups in total. The number of hydrogen-bond acceptors (Lipinski definition) is 3. The summed E-state index contributed by atoms with van der Waals surface area (Å²) < 4.78 is 0. The van der Waals surface area contributed by atoms with Crippen molar-refractivity contribution in [2.24, 2.45) is 0 Å². The molecule has 0 bridgehead atoms. The summed E-state index contributed by atoms with van der Waals surface area (Å²) in [6.45, 7) is 5.14. The second kappa shape index (κ2) is 6.06. The van der Waals surface area contributed by atoms with E-state index in [4.69, 9.17) is 0 Å². The van der Waals surface area contributed by atoms with E-state index in [0.717, 1.165) is 38.6 Å². The van der Waals surface area contributed by atoms with Gasteiger partial charge in [-0.25, -0.2) is 0 Å². The molecule has 1 saturated heterocycles. The van der Waals surface area contributed by atoms with Gasteiger partial charge < -0.3 is 5.11 Å². The van der Waals surface area contributed by atoms with Crippen LogP contribution in [0.3, 0.4) is 0 Å². The van der Waals surface area contributed by atoms with Gasteiger partial charge >= 0.3 is 5.97 Å². The van der Waals surface area contributed by atoms with Gasteiger partial charge in [0.2, 0.25) is 0 Å². The third-order valence-electron chi connectivity index (χ3n) is 4.24. The highest BCUT2D eigenvalue weighted by Crippen LogP contribution is 2.42. The first-order valence-electron chi connectivity index (χ1n) is 7.19. The molecule has 1 aliphatic heterocycles. The molecule has 0 saturated carbocycles. The molecule has 2 rings (SSSR count). The van der Waals surface area contributed by atoms with Gasteiger partial charge in [0.15, 0.2) is 0 Å². The number of rotatable bonds is 6. The van der Waals surface area contributed by atoms with Gasteiger partial charge in [0.1, 0.15) is 5.54 Å². The largest absolute Gasteiger partial charge is 0.480 e. The lowest BCUT2D eigenvalue weighted by Gasteiger charge is -2.39. The molecule has 1 fully saturated rings. The van der Waals surface area contributed by atoms with Gasteiger partial charge in [-0.05, 0) is 43.7 Å². The van der Waals surface area contributed by atoms with Gasteiger partial charge in [-0.15, -0.1) is 11.3 Å². The fraction of sp³-hybridized carbons (Fsp3) is 0.667. The van der Waals surface area contributed by atoms with Crippen LogP contribution in [0.5, 0.6) is 0 Å². The standard InChI is InChI=1S/C15H23NO2S/c1-3-8-15(14(17)18)9-6-10-16(15)12(4-2)13-7-5-11-19-13/h5,7,11-12H,3-4,6,8-10H2,1-2H3,(H,17,18). The van der Waals surface area contributed by atoms with E-state index in [2.05, 4.69) is 36.3 Å². The lowest BCUT2D eigenvalue weighted by atomic mass is 9.89. The Kier molecular flexibility index (Phi) is 4.63. The summed E-state index contributed by atoms with van der Waals surface area (Å²) in [6.07, 6.45) is 4.43. The van der Waals surface area contributed by atoms with Crippen molar-refractivity contribution in [1.82, 2.24) is 4.90 Å². The molecule has 1 aromatic heterocycles. The van der Waals surface area contributed by atoms with E-state index in [-0.39, 0.29) is 6.04 Å². The molecule has 0 aliphatic carbocycles. The predicted octanol–water partition coefficient (Wildman–Crippen LogP) is 3.92. The van der Waals surface area contributed by atoms with Crippen molar-refractivity contribution in [3.63, 3.8) is 0 Å². The molecule has 3 nitrogen and oxygen atoms in total. The zero-order valence-corrected chi connectivity index (χ0v) is 12.6. The van der Waals surface area contributed by atoms with Crippen LogP contribution in [-0.4, -0.2) is 28.1 Å². The van der Waals surface area contributed by atoms with Gasteiger partial charge in [0.05, 0.1) is 0 Å². The van der Waals surface area contributed by atoms with E-state index in [1.807, 2.05) is 0 Å². The van der Waals surface area contributed by atoms with Crippen LogP contribution in [0, 0.1) is 0 Å². The summed E-state index contributed by atoms with van der Waals surface area (Å²) in [4.78, 5) is 15.4. The van der Waals surface area contributed by atoms with Crippen molar-refractivity contribution in [2.75, 3.05) is 6.54 Å². The Morgan fingerprint density at radius 2 is 2.37 bits per heavy atom. The molecule has 0 spiro atoms. The molecule has 1 aromatic rings. The van der Waals surface area contributed by atoms with E-state index in [1.54, 1.807) is 11.3 Å². The lowest BCUT2D eigenvalue weighted by Crippen LogP contribution is -2.51. The summed E-state index contributed by atoms with van der Waals surface area (Å²) in [5, 5.41) is 11.8. The van der Waals surface area contributed by atoms with Gasteiger partial charge in [0.25, 0.3) is 0 Å². The van der Waals surface area contributed by atoms with Crippen LogP contribution in [0.4, 0.5) is 0 Å². The zero-order valence-electron chi connectivity index (χ0n) is 11.8. The molecule has 2 unspecified atom stereocenters. The maximum absolute atomic E-state index is 11.9. The number of nitrogens with zero attached hydrogens (tertiary/aromatic N) is 1. The van der Waals surface area contributed by atoms with Crippen LogP contribution in [-0.2, 0) is 4.79 Å². The summed E-state index contributed by atoms with van der Waals surface area (Å²) in [6, 6.07) is 4.45. The predicted molar refractivity (Wildman–Crippen MR) is 78.6 cm³/mol. The first-order chi connectivity index (χ1) is 9.15. The van der Waals surface area contributed by atoms with Crippen LogP contribution in [0.15, 0.2) is 17.5 Å². The summed E-state index contributed by atoms with van der Waals surface area (Å²) in [7, 11) is 0. The highest BCUT2D eigenvalue weighted by molar-refractivity contribution is 7.10. The minimum absolute atomic E-state index is 0.255. The van der Waals surface area contributed by atoms with Gasteiger partial charge in [0, 0.05) is 10.9 Å². The Bertz CT molecular complexity index is 418. The van der Waals surface area contributed by atoms with Crippen molar-refractivity contribution < 1.29 is 9.90 Å². The minimum atomic E-state index is -0.639. The molecule has 2 heterocycles. The van der Waals surface area contributed by atoms with Crippen LogP contribution >= 0.6 is 11.3 Å². The van der Waals surface area contributed by atoms with Gasteiger partial charge in [-0.2, -0.15) is 0 Å². The van der Waals surface area contributed by atoms with Crippen molar-refractivity contribution in [2.45, 2.75) is 57.5 Å². The maximum atomic E-state index is 11.9. The smallest absolute Gasteiger partial charge is 0.324 e. The monoisotopic (exact) mass is 281 g/mol. The molecule has 2 atom stereocenters. The highest BCUT2D eigenvalue weighted by Gasteiger charge is 2.49. The second-order valence-corrected chi connectivity index (χ2v) is 6.30. The molecule has 106 valence electrons. The van der Waals surface area contributed by atoms with E-state index < -0.39 is 11.5 Å². The normalized spacial score (nSPS) is 25.6. The lowest BCUT2D eigenvalue weighted by molar-refractivity contribution is -0.152. The Hall–Kier alpha value is -0.870. The molecule has 0 aromatic carbocycles. The van der Waals surface area contributed by atoms with Gasteiger partial charge in [-0.1, -0.05) is 26.3 Å². The fourth-order valence-electron chi connectivity index (χ4n) is 3.43. The number of hydrogen-bond donors (Lipinski definition) is 1. The minimum Gasteiger partial charge on any atom is -0.480 e. The quantitative estimate of drug-likeness (QED) is 0.859. The van der Waals surface area contributed by atoms with E-state index in [9.17, 15) is 9.90 Å². The average Bonchev–Trinajstić information content (AvgIpc) is 3.02. The van der Waals surface area contributed by atoms with Crippen molar-refractivity contribution in [3.8, 4) is 0 Å². The average molecular weight is 281 g/mol. The van der Waals surface area contributed by atoms with E-state index in [1.165, 1.54) is 4.88 Å². The Balaban J connectivity index is 2.32. The first-order valence-corrected chi connectivity index (χ1v) is 8.07. The first kappa shape index (κ1) is 14.5. The summed E-state index contributed by atoms with van der Waals surface area (Å²) >= 11 is 1.74. The topological polar surface area (TPSA) is 40.5 Å². The SMILES string of the molecule is CCCC1(C(=O)O)CCCN1C(CC)c1cccs1. The molecular weight excluding hydrogens is 258 g/mol. The summed E-state index contributed by atoms with van der Waals surface area (Å²) in [5.41, 5.74) is -0.639. The number of carbonyl (C=O) groups is 1. The molecule has 19 heavy (non-hydrogen) atoms. The third-order valence-corrected chi connectivity index (χ3v) is 5.21. The van der Waals surface area contributed by atoms with Crippen molar-refractivity contribution in [1.29, 1.82) is 0 Å². The number of carboxylic acid groups (broad SMARTS) is 1. The van der Waals surface area contributed by atoms with Crippen LogP contribution < -0.4 is 0 Å². The molecule has 0 amide bonds. The maximum Gasteiger partial charge on any atom is 0.324 e. The van der Waals surface area contributed by atoms with E-state index in [0.29, 0.717) is 0 Å². The highest BCUT2D eigenvalue weighted by atomic mass is 32.1. The fourth-order valence-corrected chi connectivity index (χ4v) is 4.35. The van der Waals surface area contributed by atoms with Crippen LogP contribution in [0.2, 0.25) is 0 Å². The number of aliphatic carboxylic acids is 1. The molecule has 4 heteroatoms. The zero-order chi connectivity index (χ0) is 13.9. The number of likely N-dealkylation sites (tertiary alicyclic amines) is 1.